The summed E-state index contributed by atoms with van der Waals surface area (Å²) < 4.78 is 22.1. The van der Waals surface area contributed by atoms with Crippen LogP contribution in [-0.4, -0.2) is 44.0 Å². The highest BCUT2D eigenvalue weighted by Crippen LogP contribution is 2.27. The van der Waals surface area contributed by atoms with Crippen molar-refractivity contribution < 1.29 is 8.42 Å². The van der Waals surface area contributed by atoms with Crippen LogP contribution in [-0.2, 0) is 9.84 Å². The molecular weight excluding hydrogens is 264 g/mol. The monoisotopic (exact) mass is 286 g/mol. The van der Waals surface area contributed by atoms with Crippen LogP contribution in [0.2, 0.25) is 0 Å². The fourth-order valence-electron chi connectivity index (χ4n) is 1.82. The number of nitrogens with one attached hydrogen (secondary N) is 2. The van der Waals surface area contributed by atoms with Crippen LogP contribution >= 0.6 is 0 Å². The van der Waals surface area contributed by atoms with Gasteiger partial charge in [0.05, 0.1) is 5.75 Å². The minimum absolute atomic E-state index is 0.182. The summed E-state index contributed by atoms with van der Waals surface area (Å²) in [5.41, 5.74) is 1.02. The molecule has 19 heavy (non-hydrogen) atoms. The van der Waals surface area contributed by atoms with Crippen LogP contribution in [0.5, 0.6) is 0 Å². The SMILES string of the molecule is CNc1ncnc(NCCCS(C)(=O)=O)c1C(C)C. The van der Waals surface area contributed by atoms with Gasteiger partial charge in [-0.15, -0.1) is 0 Å². The van der Waals surface area contributed by atoms with Crippen molar-refractivity contribution in [3.63, 3.8) is 0 Å². The van der Waals surface area contributed by atoms with Crippen molar-refractivity contribution in [2.75, 3.05) is 36.2 Å². The molecule has 0 spiro atoms. The molecule has 7 heteroatoms. The van der Waals surface area contributed by atoms with Crippen molar-refractivity contribution >= 4 is 21.5 Å². The third kappa shape index (κ3) is 5.02. The number of sulfone groups is 1. The zero-order valence-corrected chi connectivity index (χ0v) is 12.7. The lowest BCUT2D eigenvalue weighted by Crippen LogP contribution is -2.13. The Hall–Kier alpha value is -1.37. The summed E-state index contributed by atoms with van der Waals surface area (Å²) in [6.07, 6.45) is 3.31. The average Bonchev–Trinajstić information content (AvgIpc) is 2.32. The van der Waals surface area contributed by atoms with E-state index in [1.54, 1.807) is 0 Å². The summed E-state index contributed by atoms with van der Waals surface area (Å²) in [5, 5.41) is 6.23. The fourth-order valence-corrected chi connectivity index (χ4v) is 2.49. The van der Waals surface area contributed by atoms with E-state index in [0.717, 1.165) is 17.2 Å². The van der Waals surface area contributed by atoms with Gasteiger partial charge in [0.2, 0.25) is 0 Å². The molecule has 0 unspecified atom stereocenters. The van der Waals surface area contributed by atoms with Crippen LogP contribution in [0.15, 0.2) is 6.33 Å². The lowest BCUT2D eigenvalue weighted by Gasteiger charge is -2.16. The van der Waals surface area contributed by atoms with Gasteiger partial charge in [-0.2, -0.15) is 0 Å². The standard InChI is InChI=1S/C12H22N4O2S/c1-9(2)10-11(13-3)15-8-16-12(10)14-6-5-7-19(4,17)18/h8-9H,5-7H2,1-4H3,(H2,13,14,15,16). The van der Waals surface area contributed by atoms with Gasteiger partial charge in [-0.1, -0.05) is 13.8 Å². The maximum atomic E-state index is 11.1. The summed E-state index contributed by atoms with van der Waals surface area (Å²) >= 11 is 0. The van der Waals surface area contributed by atoms with Gasteiger partial charge in [-0.25, -0.2) is 18.4 Å². The van der Waals surface area contributed by atoms with Crippen molar-refractivity contribution in [1.82, 2.24) is 9.97 Å². The first-order valence-corrected chi connectivity index (χ1v) is 8.35. The minimum atomic E-state index is -2.90. The number of hydrogen-bond donors (Lipinski definition) is 2. The molecule has 0 aliphatic rings. The molecule has 108 valence electrons. The second kappa shape index (κ2) is 6.70. The third-order valence-corrected chi connectivity index (χ3v) is 3.71. The molecule has 6 nitrogen and oxygen atoms in total. The van der Waals surface area contributed by atoms with Crippen molar-refractivity contribution in [3.8, 4) is 0 Å². The second-order valence-electron chi connectivity index (χ2n) is 4.80. The van der Waals surface area contributed by atoms with E-state index in [9.17, 15) is 8.42 Å². The molecule has 0 fully saturated rings. The quantitative estimate of drug-likeness (QED) is 0.739. The van der Waals surface area contributed by atoms with Gasteiger partial charge in [0, 0.05) is 25.4 Å². The molecule has 0 aliphatic carbocycles. The Morgan fingerprint density at radius 2 is 1.89 bits per heavy atom. The maximum absolute atomic E-state index is 11.1. The molecule has 0 saturated heterocycles. The van der Waals surface area contributed by atoms with Crippen molar-refractivity contribution in [2.45, 2.75) is 26.2 Å². The Morgan fingerprint density at radius 1 is 1.26 bits per heavy atom. The van der Waals surface area contributed by atoms with Gasteiger partial charge in [0.15, 0.2) is 0 Å². The molecule has 0 amide bonds. The Bertz CT molecular complexity index is 514. The predicted octanol–water partition coefficient (Wildman–Crippen LogP) is 1.49. The molecule has 1 rings (SSSR count). The molecule has 0 radical (unpaired) electrons. The molecule has 0 aliphatic heterocycles. The number of nitrogens with zero attached hydrogens (tertiary/aromatic N) is 2. The van der Waals surface area contributed by atoms with E-state index in [4.69, 9.17) is 0 Å². The smallest absolute Gasteiger partial charge is 0.147 e. The van der Waals surface area contributed by atoms with Crippen LogP contribution in [0, 0.1) is 0 Å². The molecule has 0 bridgehead atoms. The number of anilines is 2. The van der Waals surface area contributed by atoms with Gasteiger partial charge in [0.1, 0.15) is 27.8 Å². The first kappa shape index (κ1) is 15.7. The van der Waals surface area contributed by atoms with E-state index in [2.05, 4.69) is 34.4 Å². The fraction of sp³-hybridized carbons (Fsp3) is 0.667. The molecule has 0 atom stereocenters. The van der Waals surface area contributed by atoms with Gasteiger partial charge >= 0.3 is 0 Å². The zero-order chi connectivity index (χ0) is 14.5. The topological polar surface area (TPSA) is 84.0 Å². The van der Waals surface area contributed by atoms with Crippen LogP contribution in [0.25, 0.3) is 0 Å². The Kier molecular flexibility index (Phi) is 5.53. The van der Waals surface area contributed by atoms with E-state index < -0.39 is 9.84 Å². The molecule has 0 aromatic carbocycles. The van der Waals surface area contributed by atoms with Crippen LogP contribution in [0.4, 0.5) is 11.6 Å². The van der Waals surface area contributed by atoms with Crippen molar-refractivity contribution in [1.29, 1.82) is 0 Å². The lowest BCUT2D eigenvalue weighted by molar-refractivity contribution is 0.600. The van der Waals surface area contributed by atoms with E-state index >= 15 is 0 Å². The summed E-state index contributed by atoms with van der Waals surface area (Å²) in [6, 6.07) is 0. The zero-order valence-electron chi connectivity index (χ0n) is 11.9. The molecule has 1 heterocycles. The number of aromatic nitrogens is 2. The molecular formula is C12H22N4O2S. The largest absolute Gasteiger partial charge is 0.373 e. The van der Waals surface area contributed by atoms with E-state index in [1.165, 1.54) is 12.6 Å². The van der Waals surface area contributed by atoms with Crippen LogP contribution < -0.4 is 10.6 Å². The average molecular weight is 286 g/mol. The van der Waals surface area contributed by atoms with Crippen molar-refractivity contribution in [3.05, 3.63) is 11.9 Å². The van der Waals surface area contributed by atoms with Crippen LogP contribution in [0.3, 0.4) is 0 Å². The van der Waals surface area contributed by atoms with E-state index in [-0.39, 0.29) is 11.7 Å². The van der Waals surface area contributed by atoms with Crippen LogP contribution in [0.1, 0.15) is 31.7 Å². The van der Waals surface area contributed by atoms with Gasteiger partial charge in [0.25, 0.3) is 0 Å². The maximum Gasteiger partial charge on any atom is 0.147 e. The highest BCUT2D eigenvalue weighted by molar-refractivity contribution is 7.90. The third-order valence-electron chi connectivity index (χ3n) is 2.68. The Labute approximate surface area is 115 Å². The summed E-state index contributed by atoms with van der Waals surface area (Å²) in [5.74, 6) is 2.03. The number of hydrogen-bond acceptors (Lipinski definition) is 6. The van der Waals surface area contributed by atoms with Gasteiger partial charge in [-0.05, 0) is 12.3 Å². The highest BCUT2D eigenvalue weighted by atomic mass is 32.2. The Morgan fingerprint density at radius 3 is 2.42 bits per heavy atom. The molecule has 1 aromatic heterocycles. The summed E-state index contributed by atoms with van der Waals surface area (Å²) in [4.78, 5) is 8.42. The highest BCUT2D eigenvalue weighted by Gasteiger charge is 2.13. The van der Waals surface area contributed by atoms with Gasteiger partial charge in [-0.3, -0.25) is 0 Å². The molecule has 2 N–H and O–H groups in total. The first-order valence-electron chi connectivity index (χ1n) is 6.29. The Balaban J connectivity index is 2.73. The van der Waals surface area contributed by atoms with E-state index in [1.807, 2.05) is 7.05 Å². The summed E-state index contributed by atoms with van der Waals surface area (Å²) in [7, 11) is -1.08. The predicted molar refractivity (Wildman–Crippen MR) is 78.5 cm³/mol. The van der Waals surface area contributed by atoms with Crippen molar-refractivity contribution in [2.24, 2.45) is 0 Å². The first-order chi connectivity index (χ1) is 8.85. The van der Waals surface area contributed by atoms with Gasteiger partial charge < -0.3 is 10.6 Å². The molecule has 1 aromatic rings. The minimum Gasteiger partial charge on any atom is -0.373 e. The second-order valence-corrected chi connectivity index (χ2v) is 7.06. The lowest BCUT2D eigenvalue weighted by atomic mass is 10.0. The number of rotatable bonds is 7. The molecule has 0 saturated carbocycles. The van der Waals surface area contributed by atoms with E-state index in [0.29, 0.717) is 13.0 Å². The summed E-state index contributed by atoms with van der Waals surface area (Å²) in [6.45, 7) is 4.72. The normalized spacial score (nSPS) is 11.6.